The van der Waals surface area contributed by atoms with E-state index in [9.17, 15) is 28.0 Å². The van der Waals surface area contributed by atoms with E-state index in [1.807, 2.05) is 39.0 Å². The van der Waals surface area contributed by atoms with Crippen molar-refractivity contribution >= 4 is 40.1 Å². The van der Waals surface area contributed by atoms with E-state index < -0.39 is 12.4 Å². The van der Waals surface area contributed by atoms with E-state index in [4.69, 9.17) is 0 Å². The van der Waals surface area contributed by atoms with Crippen molar-refractivity contribution in [3.63, 3.8) is 0 Å². The Morgan fingerprint density at radius 1 is 1.09 bits per heavy atom. The fourth-order valence-electron chi connectivity index (χ4n) is 4.74. The van der Waals surface area contributed by atoms with Crippen LogP contribution in [0.5, 0.6) is 5.75 Å². The van der Waals surface area contributed by atoms with Crippen LogP contribution in [0.15, 0.2) is 78.2 Å². The van der Waals surface area contributed by atoms with E-state index >= 15 is 0 Å². The van der Waals surface area contributed by atoms with Gasteiger partial charge in [-0.05, 0) is 61.7 Å². The van der Waals surface area contributed by atoms with Crippen LogP contribution in [-0.2, 0) is 4.79 Å². The van der Waals surface area contributed by atoms with E-state index in [1.165, 1.54) is 46.4 Å². The smallest absolute Gasteiger partial charge is 0.406 e. The van der Waals surface area contributed by atoms with Gasteiger partial charge in [-0.2, -0.15) is 10.3 Å². The Morgan fingerprint density at radius 3 is 2.38 bits per heavy atom. The molecule has 2 heterocycles. The number of urea groups is 1. The summed E-state index contributed by atoms with van der Waals surface area (Å²) in [5, 5.41) is 16.8. The third-order valence-electron chi connectivity index (χ3n) is 6.56. The number of nitrogens with one attached hydrogen (secondary N) is 1. The number of halogens is 3. The second-order valence-corrected chi connectivity index (χ2v) is 10.9. The van der Waals surface area contributed by atoms with Crippen LogP contribution in [0.3, 0.4) is 0 Å². The van der Waals surface area contributed by atoms with Crippen molar-refractivity contribution in [3.05, 3.63) is 95.4 Å². The Bertz CT molecular complexity index is 1850. The van der Waals surface area contributed by atoms with Crippen LogP contribution in [0, 0.1) is 32.1 Å². The maximum absolute atomic E-state index is 12.7. The Morgan fingerprint density at radius 2 is 1.76 bits per heavy atom. The van der Waals surface area contributed by atoms with Crippen LogP contribution in [-0.4, -0.2) is 44.0 Å². The number of anilines is 1. The van der Waals surface area contributed by atoms with E-state index in [-0.39, 0.29) is 28.2 Å². The number of allylic oxidation sites excluding steroid dienone is 1. The summed E-state index contributed by atoms with van der Waals surface area (Å²) in [4.78, 5) is 35.2. The minimum atomic E-state index is -4.78. The van der Waals surface area contributed by atoms with Crippen molar-refractivity contribution in [3.8, 4) is 28.9 Å². The van der Waals surface area contributed by atoms with Crippen molar-refractivity contribution in [2.24, 2.45) is 4.99 Å². The lowest BCUT2D eigenvalue weighted by atomic mass is 10.0. The molecule has 10 nitrogen and oxygen atoms in total. The first kappa shape index (κ1) is 31.0. The number of nitriles is 1. The number of hydrogen-bond acceptors (Lipinski definition) is 7. The number of hydrogen-bond donors (Lipinski definition) is 1. The summed E-state index contributed by atoms with van der Waals surface area (Å²) in [6, 6.07) is 17.1. The number of aromatic nitrogens is 3. The maximum atomic E-state index is 12.7. The highest BCUT2D eigenvalue weighted by Crippen LogP contribution is 2.33. The summed E-state index contributed by atoms with van der Waals surface area (Å²) in [6.45, 7) is 5.77. The summed E-state index contributed by atoms with van der Waals surface area (Å²) in [6.07, 6.45) is -2.12. The number of nitrogens with zero attached hydrogens (tertiary/aromatic N) is 6. The zero-order valence-corrected chi connectivity index (χ0v) is 24.9. The number of amidine groups is 1. The fraction of sp³-hybridized carbons (Fsp3) is 0.161. The third kappa shape index (κ3) is 7.22. The van der Waals surface area contributed by atoms with E-state index in [0.717, 1.165) is 28.5 Å². The minimum absolute atomic E-state index is 0.154. The molecule has 0 saturated carbocycles. The molecular formula is C31H24F3N7O3S. The van der Waals surface area contributed by atoms with Gasteiger partial charge in [-0.15, -0.1) is 18.3 Å². The molecule has 0 aliphatic carbocycles. The van der Waals surface area contributed by atoms with Gasteiger partial charge in [0.05, 0.1) is 22.7 Å². The van der Waals surface area contributed by atoms with Gasteiger partial charge < -0.3 is 10.1 Å². The molecule has 4 aromatic rings. The molecule has 228 valence electrons. The number of amides is 3. The number of benzene rings is 3. The van der Waals surface area contributed by atoms with Crippen molar-refractivity contribution in [2.75, 3.05) is 10.7 Å². The largest absolute Gasteiger partial charge is 0.573 e. The van der Waals surface area contributed by atoms with Gasteiger partial charge in [-0.1, -0.05) is 53.7 Å². The third-order valence-corrected chi connectivity index (χ3v) is 7.49. The zero-order valence-electron chi connectivity index (χ0n) is 24.1. The van der Waals surface area contributed by atoms with Crippen molar-refractivity contribution < 1.29 is 27.5 Å². The lowest BCUT2D eigenvalue weighted by Gasteiger charge is -2.21. The molecule has 1 aromatic heterocycles. The number of aryl methyl sites for hydroxylation is 3. The quantitative estimate of drug-likeness (QED) is 0.242. The number of ether oxygens (including phenoxy) is 1. The van der Waals surface area contributed by atoms with E-state index in [2.05, 4.69) is 25.1 Å². The Labute approximate surface area is 259 Å². The summed E-state index contributed by atoms with van der Waals surface area (Å²) in [5.41, 5.74) is 5.30. The molecule has 1 saturated heterocycles. The first-order valence-corrected chi connectivity index (χ1v) is 14.3. The van der Waals surface area contributed by atoms with Gasteiger partial charge >= 0.3 is 12.4 Å². The SMILES string of the molecule is Cc1cc(C)c(N2C(=O)CSC2=NC(=O)N/C=C(\C#N)c2ccc(-c3ncn(-c4ccc(OC(F)(F)F)cc4)n3)cc2)c(C)c1. The monoisotopic (exact) mass is 631 g/mol. The number of thioether (sulfide) groups is 1. The maximum Gasteiger partial charge on any atom is 0.573 e. The normalized spacial score (nSPS) is 14.5. The molecule has 45 heavy (non-hydrogen) atoms. The van der Waals surface area contributed by atoms with Gasteiger partial charge in [-0.3, -0.25) is 9.69 Å². The molecule has 0 spiro atoms. The molecule has 3 aromatic carbocycles. The van der Waals surface area contributed by atoms with Crippen LogP contribution in [0.2, 0.25) is 0 Å². The highest BCUT2D eigenvalue weighted by molar-refractivity contribution is 8.15. The van der Waals surface area contributed by atoms with Gasteiger partial charge in [0.2, 0.25) is 5.91 Å². The predicted octanol–water partition coefficient (Wildman–Crippen LogP) is 6.47. The number of aliphatic imine (C=N–C) groups is 1. The number of carbonyl (C=O) groups is 2. The fourth-order valence-corrected chi connectivity index (χ4v) is 5.59. The Hall–Kier alpha value is -5.42. The minimum Gasteiger partial charge on any atom is -0.406 e. The van der Waals surface area contributed by atoms with Gasteiger partial charge in [-0.25, -0.2) is 14.5 Å². The number of alkyl halides is 3. The van der Waals surface area contributed by atoms with Crippen molar-refractivity contribution in [1.82, 2.24) is 20.1 Å². The van der Waals surface area contributed by atoms with Gasteiger partial charge in [0, 0.05) is 11.8 Å². The molecule has 1 aliphatic heterocycles. The molecular weight excluding hydrogens is 607 g/mol. The second kappa shape index (κ2) is 12.7. The Balaban J connectivity index is 1.27. The average Bonchev–Trinajstić information content (AvgIpc) is 3.61. The highest BCUT2D eigenvalue weighted by Gasteiger charge is 2.33. The molecule has 1 N–H and O–H groups in total. The van der Waals surface area contributed by atoms with Gasteiger partial charge in [0.15, 0.2) is 11.0 Å². The summed E-state index contributed by atoms with van der Waals surface area (Å²) in [7, 11) is 0. The molecule has 3 amide bonds. The van der Waals surface area contributed by atoms with E-state index in [0.29, 0.717) is 28.3 Å². The lowest BCUT2D eigenvalue weighted by Crippen LogP contribution is -2.32. The van der Waals surface area contributed by atoms with Crippen LogP contribution < -0.4 is 15.0 Å². The first-order chi connectivity index (χ1) is 21.4. The molecule has 1 fully saturated rings. The first-order valence-electron chi connectivity index (χ1n) is 13.3. The summed E-state index contributed by atoms with van der Waals surface area (Å²) < 4.78 is 42.5. The number of carbonyl (C=O) groups excluding carboxylic acids is 2. The van der Waals surface area contributed by atoms with Gasteiger partial charge in [0.1, 0.15) is 18.1 Å². The molecule has 14 heteroatoms. The molecule has 0 unspecified atom stereocenters. The standard InChI is InChI=1S/C31H24F3N7O3S/c1-18-12-19(2)27(20(3)13-18)41-26(42)16-45-30(41)38-29(43)36-15-23(14-35)21-4-6-22(7-5-21)28-37-17-40(39-28)24-8-10-25(11-9-24)44-31(32,33)34/h4-13,15,17H,16H2,1-3H3,(H,36,43)/b23-15+,38-30?. The molecule has 1 aliphatic rings. The highest BCUT2D eigenvalue weighted by atomic mass is 32.2. The molecule has 0 atom stereocenters. The van der Waals surface area contributed by atoms with Crippen molar-refractivity contribution in [2.45, 2.75) is 27.1 Å². The topological polar surface area (TPSA) is 126 Å². The average molecular weight is 632 g/mol. The summed E-state index contributed by atoms with van der Waals surface area (Å²) >= 11 is 1.16. The van der Waals surface area contributed by atoms with Crippen LogP contribution in [0.25, 0.3) is 22.6 Å². The lowest BCUT2D eigenvalue weighted by molar-refractivity contribution is -0.274. The molecule has 5 rings (SSSR count). The predicted molar refractivity (Wildman–Crippen MR) is 164 cm³/mol. The zero-order chi connectivity index (χ0) is 32.3. The van der Waals surface area contributed by atoms with Crippen LogP contribution in [0.1, 0.15) is 22.3 Å². The summed E-state index contributed by atoms with van der Waals surface area (Å²) in [5.74, 6) is -0.0337. The molecule has 0 radical (unpaired) electrons. The second-order valence-electron chi connectivity index (χ2n) is 9.91. The number of rotatable bonds is 6. The van der Waals surface area contributed by atoms with Gasteiger partial charge in [0.25, 0.3) is 0 Å². The van der Waals surface area contributed by atoms with Crippen LogP contribution in [0.4, 0.5) is 23.7 Å². The van der Waals surface area contributed by atoms with Crippen molar-refractivity contribution in [1.29, 1.82) is 5.26 Å². The van der Waals surface area contributed by atoms with Crippen LogP contribution >= 0.6 is 11.8 Å². The Kier molecular flexibility index (Phi) is 8.73. The van der Waals surface area contributed by atoms with E-state index in [1.54, 1.807) is 24.3 Å². The molecule has 0 bridgehead atoms.